The van der Waals surface area contributed by atoms with Crippen molar-refractivity contribution < 1.29 is 29.0 Å². The summed E-state index contributed by atoms with van der Waals surface area (Å²) < 4.78 is 6.14. The van der Waals surface area contributed by atoms with Crippen molar-refractivity contribution in [2.24, 2.45) is 50.7 Å². The topological polar surface area (TPSA) is 123 Å². The van der Waals surface area contributed by atoms with Gasteiger partial charge in [0.2, 0.25) is 0 Å². The van der Waals surface area contributed by atoms with Crippen LogP contribution in [0.1, 0.15) is 137 Å². The number of carbonyl (C=O) groups excluding carboxylic acids is 3. The number of hydrogen-bond acceptors (Lipinski definition) is 6. The molecule has 8 heteroatoms. The molecule has 0 saturated heterocycles. The SMILES string of the molecule is CC(C)C1=C2[C@H]3CC[C@@H]4[C@@]5(C)CC[C@H](OC(=O)CC(C)(C)C(=O)O)C(C)(C)[C@@H]5CC[C@@]4(C)[C@]3(C)CC[C@@]2(NC(=O)c2ccccn2)CC1=O. The zero-order chi connectivity index (χ0) is 35.9. The second kappa shape index (κ2) is 11.8. The molecular weight excluding hydrogens is 616 g/mol. The van der Waals surface area contributed by atoms with E-state index in [-0.39, 0.29) is 57.7 Å². The fourth-order valence-electron chi connectivity index (χ4n) is 12.4. The van der Waals surface area contributed by atoms with Crippen LogP contribution in [0, 0.1) is 50.7 Å². The molecule has 8 atom stereocenters. The maximum absolute atomic E-state index is 13.9. The number of aliphatic carboxylic acids is 1. The largest absolute Gasteiger partial charge is 0.481 e. The number of allylic oxidation sites excluding steroid dienone is 1. The number of Topliss-reactive ketones (excluding diaryl/α,β-unsaturated/α-hetero) is 1. The van der Waals surface area contributed by atoms with Crippen molar-refractivity contribution in [2.75, 3.05) is 0 Å². The van der Waals surface area contributed by atoms with Crippen molar-refractivity contribution in [3.05, 3.63) is 41.2 Å². The number of hydrogen-bond donors (Lipinski definition) is 2. The lowest BCUT2D eigenvalue weighted by Gasteiger charge is -2.72. The van der Waals surface area contributed by atoms with Crippen LogP contribution >= 0.6 is 0 Å². The summed E-state index contributed by atoms with van der Waals surface area (Å²) in [6.07, 6.45) is 9.14. The number of carboxylic acids is 1. The number of carbonyl (C=O) groups is 4. The van der Waals surface area contributed by atoms with Gasteiger partial charge in [-0.25, -0.2) is 0 Å². The number of carboxylic acid groups (broad SMARTS) is 1. The quantitative estimate of drug-likeness (QED) is 0.281. The number of nitrogens with one attached hydrogen (secondary N) is 1. The predicted octanol–water partition coefficient (Wildman–Crippen LogP) is 7.96. The highest BCUT2D eigenvalue weighted by molar-refractivity contribution is 6.03. The third kappa shape index (κ3) is 5.32. The summed E-state index contributed by atoms with van der Waals surface area (Å²) in [5, 5.41) is 13.0. The van der Waals surface area contributed by atoms with Gasteiger partial charge in [0.15, 0.2) is 5.78 Å². The van der Waals surface area contributed by atoms with Gasteiger partial charge >= 0.3 is 11.9 Å². The summed E-state index contributed by atoms with van der Waals surface area (Å²) in [6, 6.07) is 5.37. The van der Waals surface area contributed by atoms with Gasteiger partial charge in [-0.1, -0.05) is 54.5 Å². The third-order valence-electron chi connectivity index (χ3n) is 15.1. The fraction of sp³-hybridized carbons (Fsp3) is 0.732. The van der Waals surface area contributed by atoms with E-state index in [0.717, 1.165) is 56.9 Å². The van der Waals surface area contributed by atoms with E-state index in [4.69, 9.17) is 4.74 Å². The summed E-state index contributed by atoms with van der Waals surface area (Å²) >= 11 is 0. The van der Waals surface area contributed by atoms with Crippen LogP contribution in [0.15, 0.2) is 35.5 Å². The third-order valence-corrected chi connectivity index (χ3v) is 15.1. The fourth-order valence-corrected chi connectivity index (χ4v) is 12.4. The van der Waals surface area contributed by atoms with E-state index in [0.29, 0.717) is 24.0 Å². The highest BCUT2D eigenvalue weighted by atomic mass is 16.5. The Balaban J connectivity index is 1.30. The molecule has 0 aliphatic heterocycles. The average molecular weight is 675 g/mol. The zero-order valence-corrected chi connectivity index (χ0v) is 31.2. The number of pyridine rings is 1. The van der Waals surface area contributed by atoms with Crippen molar-refractivity contribution in [1.29, 1.82) is 0 Å². The number of nitrogens with zero attached hydrogens (tertiary/aromatic N) is 1. The first-order valence-electron chi connectivity index (χ1n) is 18.7. The van der Waals surface area contributed by atoms with Crippen LogP contribution in [0.25, 0.3) is 0 Å². The van der Waals surface area contributed by atoms with Crippen LogP contribution in [0.2, 0.25) is 0 Å². The molecule has 1 aromatic heterocycles. The van der Waals surface area contributed by atoms with Crippen molar-refractivity contribution in [3.63, 3.8) is 0 Å². The Morgan fingerprint density at radius 3 is 2.31 bits per heavy atom. The monoisotopic (exact) mass is 674 g/mol. The lowest BCUT2D eigenvalue weighted by Crippen LogP contribution is -2.67. The summed E-state index contributed by atoms with van der Waals surface area (Å²) in [7, 11) is 0. The number of ketones is 1. The van der Waals surface area contributed by atoms with Gasteiger partial charge in [-0.05, 0) is 128 Å². The molecule has 0 bridgehead atoms. The van der Waals surface area contributed by atoms with Crippen molar-refractivity contribution in [2.45, 2.75) is 138 Å². The Kier molecular flexibility index (Phi) is 8.59. The summed E-state index contributed by atoms with van der Waals surface area (Å²) in [4.78, 5) is 56.6. The first-order valence-corrected chi connectivity index (χ1v) is 18.7. The molecule has 5 aliphatic rings. The van der Waals surface area contributed by atoms with E-state index in [1.54, 1.807) is 32.2 Å². The van der Waals surface area contributed by atoms with E-state index >= 15 is 0 Å². The van der Waals surface area contributed by atoms with E-state index in [2.05, 4.69) is 58.8 Å². The van der Waals surface area contributed by atoms with Crippen LogP contribution in [0.4, 0.5) is 0 Å². The molecule has 49 heavy (non-hydrogen) atoms. The Bertz CT molecular complexity index is 1580. The average Bonchev–Trinajstić information content (AvgIpc) is 3.30. The maximum Gasteiger partial charge on any atom is 0.309 e. The van der Waals surface area contributed by atoms with Gasteiger partial charge in [0.25, 0.3) is 5.91 Å². The first kappa shape index (κ1) is 35.8. The molecule has 1 heterocycles. The van der Waals surface area contributed by atoms with E-state index in [9.17, 15) is 24.3 Å². The molecule has 6 rings (SSSR count). The molecule has 268 valence electrons. The van der Waals surface area contributed by atoms with Crippen LogP contribution in [-0.2, 0) is 19.1 Å². The van der Waals surface area contributed by atoms with Gasteiger partial charge in [-0.15, -0.1) is 0 Å². The summed E-state index contributed by atoms with van der Waals surface area (Å²) in [6.45, 7) is 19.4. The smallest absolute Gasteiger partial charge is 0.309 e. The summed E-state index contributed by atoms with van der Waals surface area (Å²) in [5.74, 6) is -0.337. The van der Waals surface area contributed by atoms with Crippen LogP contribution in [0.5, 0.6) is 0 Å². The molecule has 0 radical (unpaired) electrons. The van der Waals surface area contributed by atoms with Gasteiger partial charge in [-0.3, -0.25) is 24.2 Å². The molecule has 5 aliphatic carbocycles. The zero-order valence-electron chi connectivity index (χ0n) is 31.2. The molecule has 2 N–H and O–H groups in total. The second-order valence-corrected chi connectivity index (χ2v) is 18.7. The number of fused-ring (bicyclic) bond motifs is 7. The predicted molar refractivity (Wildman–Crippen MR) is 187 cm³/mol. The minimum Gasteiger partial charge on any atom is -0.481 e. The number of aromatic nitrogens is 1. The van der Waals surface area contributed by atoms with Crippen LogP contribution in [0.3, 0.4) is 0 Å². The first-order chi connectivity index (χ1) is 22.7. The Hall–Kier alpha value is -3.03. The molecule has 1 aromatic rings. The number of esters is 1. The Morgan fingerprint density at radius 2 is 1.67 bits per heavy atom. The lowest BCUT2D eigenvalue weighted by molar-refractivity contribution is -0.232. The lowest BCUT2D eigenvalue weighted by atomic mass is 9.33. The number of ether oxygens (including phenoxy) is 1. The van der Waals surface area contributed by atoms with Gasteiger partial charge in [0.05, 0.1) is 17.4 Å². The molecule has 0 aromatic carbocycles. The highest BCUT2D eigenvalue weighted by Gasteiger charge is 2.70. The van der Waals surface area contributed by atoms with Gasteiger partial charge in [-0.2, -0.15) is 0 Å². The highest BCUT2D eigenvalue weighted by Crippen LogP contribution is 2.76. The molecule has 1 amide bonds. The molecular formula is C41H58N2O6. The normalized spacial score (nSPS) is 38.2. The van der Waals surface area contributed by atoms with E-state index in [1.807, 2.05) is 6.07 Å². The number of amides is 1. The molecule has 0 spiro atoms. The van der Waals surface area contributed by atoms with Crippen LogP contribution in [-0.4, -0.2) is 45.4 Å². The Morgan fingerprint density at radius 1 is 0.959 bits per heavy atom. The molecule has 0 unspecified atom stereocenters. The molecule has 4 fully saturated rings. The minimum atomic E-state index is -1.17. The minimum absolute atomic E-state index is 0.0319. The second-order valence-electron chi connectivity index (χ2n) is 18.7. The molecule has 8 nitrogen and oxygen atoms in total. The van der Waals surface area contributed by atoms with Gasteiger partial charge in [0.1, 0.15) is 11.8 Å². The van der Waals surface area contributed by atoms with Gasteiger partial charge < -0.3 is 15.2 Å². The Labute approximate surface area is 292 Å². The van der Waals surface area contributed by atoms with Crippen molar-refractivity contribution >= 4 is 23.6 Å². The van der Waals surface area contributed by atoms with Crippen molar-refractivity contribution in [1.82, 2.24) is 10.3 Å². The molecule has 4 saturated carbocycles. The standard InChI is InChI=1S/C41H58N2O6/c1-24(2)32-27(44)22-41(43-34(46)26-12-10-11-21-42-26)20-19-39(8)25(33(32)41)13-14-29-38(7)17-16-30(49-31(45)23-36(3,4)35(47)48)37(5,6)28(38)15-18-40(29,39)9/h10-12,21,24-25,28-30H,13-20,22-23H2,1-9H3,(H,43,46)(H,47,48)/t25-,28+,29-,30+,38+,39-,40-,41-/m1/s1. The van der Waals surface area contributed by atoms with Gasteiger partial charge in [0, 0.05) is 18.0 Å². The number of rotatable bonds is 7. The maximum atomic E-state index is 13.9. The summed E-state index contributed by atoms with van der Waals surface area (Å²) in [5.41, 5.74) is 0.479. The van der Waals surface area contributed by atoms with E-state index in [1.165, 1.54) is 5.57 Å². The van der Waals surface area contributed by atoms with E-state index < -0.39 is 22.9 Å². The van der Waals surface area contributed by atoms with Crippen LogP contribution < -0.4 is 5.32 Å². The van der Waals surface area contributed by atoms with Crippen molar-refractivity contribution in [3.8, 4) is 0 Å².